The third-order valence-electron chi connectivity index (χ3n) is 7.60. The van der Waals surface area contributed by atoms with E-state index in [-0.39, 0.29) is 6.85 Å². The number of rotatable bonds is 5. The monoisotopic (exact) mass is 501 g/mol. The number of fused-ring (bicyclic) bond motifs is 3. The van der Waals surface area contributed by atoms with Crippen LogP contribution in [-0.4, -0.2) is 16.4 Å². The van der Waals surface area contributed by atoms with E-state index in [0.29, 0.717) is 17.5 Å². The molecule has 6 heteroatoms. The molecule has 0 bridgehead atoms. The molecule has 0 unspecified atom stereocenters. The van der Waals surface area contributed by atoms with Gasteiger partial charge in [0.2, 0.25) is 5.71 Å². The van der Waals surface area contributed by atoms with E-state index >= 15 is 0 Å². The average Bonchev–Trinajstić information content (AvgIpc) is 3.47. The highest BCUT2D eigenvalue weighted by Crippen LogP contribution is 2.37. The Morgan fingerprint density at radius 2 is 1.63 bits per heavy atom. The van der Waals surface area contributed by atoms with Crippen molar-refractivity contribution in [3.63, 3.8) is 0 Å². The molecule has 0 saturated carbocycles. The quantitative estimate of drug-likeness (QED) is 0.234. The predicted octanol–water partition coefficient (Wildman–Crippen LogP) is 5.56. The molecule has 4 heterocycles. The number of hydrogen-bond donors (Lipinski definition) is 0. The fourth-order valence-electron chi connectivity index (χ4n) is 5.63. The Hall–Kier alpha value is -4.06. The van der Waals surface area contributed by atoms with Crippen LogP contribution in [0.2, 0.25) is 6.82 Å². The van der Waals surface area contributed by atoms with Crippen molar-refractivity contribution in [2.75, 3.05) is 4.81 Å². The zero-order valence-corrected chi connectivity index (χ0v) is 23.0. The maximum absolute atomic E-state index is 6.18. The van der Waals surface area contributed by atoms with Crippen molar-refractivity contribution in [1.82, 2.24) is 9.55 Å². The highest BCUT2D eigenvalue weighted by Gasteiger charge is 2.34. The van der Waals surface area contributed by atoms with E-state index in [2.05, 4.69) is 134 Å². The minimum atomic E-state index is 0.136. The van der Waals surface area contributed by atoms with Gasteiger partial charge in [-0.05, 0) is 65.2 Å². The molecule has 6 rings (SSSR count). The number of anilines is 1. The minimum Gasteiger partial charge on any atom is -0.435 e. The first kappa shape index (κ1) is 24.3. The summed E-state index contributed by atoms with van der Waals surface area (Å²) in [6.45, 7) is 11.5. The summed E-state index contributed by atoms with van der Waals surface area (Å²) in [4.78, 5) is 6.75. The summed E-state index contributed by atoms with van der Waals surface area (Å²) < 4.78 is 10.8. The Labute approximate surface area is 224 Å². The standard InChI is InChI=1S/C32H34BN4O/c1-21(2)26-17-24(23-11-8-7-9-12-23)18-27(22(3)4)30(26)36-16-15-35(6)32(36)37-20-29-28(19-33(37)5)25-13-10-14-34-31(25)38-29/h7-22H,1-6H3/q+1. The lowest BCUT2D eigenvalue weighted by Gasteiger charge is -2.24. The maximum Gasteiger partial charge on any atom is 0.367 e. The Morgan fingerprint density at radius 3 is 2.32 bits per heavy atom. The third kappa shape index (κ3) is 3.96. The summed E-state index contributed by atoms with van der Waals surface area (Å²) in [6, 6.07) is 19.5. The number of aromatic nitrogens is 3. The Bertz CT molecular complexity index is 1740. The summed E-state index contributed by atoms with van der Waals surface area (Å²) in [5.74, 6) is 4.08. The van der Waals surface area contributed by atoms with Crippen molar-refractivity contribution in [2.24, 2.45) is 7.05 Å². The highest BCUT2D eigenvalue weighted by atomic mass is 16.3. The van der Waals surface area contributed by atoms with Crippen LogP contribution >= 0.6 is 0 Å². The zero-order chi connectivity index (χ0) is 26.6. The SMILES string of the molecule is CB1C=c2c(oc3ncccc23)=CN1c1n(-c2c(C(C)C)cc(-c3ccccc3)cc2C(C)C)cc[n+]1C. The zero-order valence-electron chi connectivity index (χ0n) is 23.0. The van der Waals surface area contributed by atoms with E-state index in [4.69, 9.17) is 4.42 Å². The highest BCUT2D eigenvalue weighted by molar-refractivity contribution is 6.77. The molecule has 0 atom stereocenters. The molecule has 2 aromatic carbocycles. The van der Waals surface area contributed by atoms with E-state index in [9.17, 15) is 0 Å². The van der Waals surface area contributed by atoms with Crippen LogP contribution in [0.3, 0.4) is 0 Å². The molecule has 1 aliphatic rings. The van der Waals surface area contributed by atoms with Crippen LogP contribution in [0.5, 0.6) is 0 Å². The number of benzene rings is 2. The first-order valence-corrected chi connectivity index (χ1v) is 13.5. The third-order valence-corrected chi connectivity index (χ3v) is 7.60. The summed E-state index contributed by atoms with van der Waals surface area (Å²) >= 11 is 0. The minimum absolute atomic E-state index is 0.136. The van der Waals surface area contributed by atoms with E-state index in [0.717, 1.165) is 22.0 Å². The largest absolute Gasteiger partial charge is 0.435 e. The lowest BCUT2D eigenvalue weighted by atomic mass is 9.62. The van der Waals surface area contributed by atoms with Gasteiger partial charge in [-0.2, -0.15) is 0 Å². The van der Waals surface area contributed by atoms with E-state index in [1.807, 2.05) is 6.07 Å². The molecule has 5 nitrogen and oxygen atoms in total. The topological polar surface area (TPSA) is 38.1 Å². The molecule has 38 heavy (non-hydrogen) atoms. The first-order valence-electron chi connectivity index (χ1n) is 13.5. The van der Waals surface area contributed by atoms with Crippen LogP contribution in [0, 0.1) is 0 Å². The summed E-state index contributed by atoms with van der Waals surface area (Å²) in [7, 11) is 2.12. The second kappa shape index (κ2) is 9.36. The van der Waals surface area contributed by atoms with E-state index in [1.165, 1.54) is 27.9 Å². The molecule has 0 aliphatic carbocycles. The van der Waals surface area contributed by atoms with Gasteiger partial charge in [0.15, 0.2) is 5.42 Å². The molecule has 0 amide bonds. The number of pyridine rings is 1. The smallest absolute Gasteiger partial charge is 0.367 e. The predicted molar refractivity (Wildman–Crippen MR) is 157 cm³/mol. The lowest BCUT2D eigenvalue weighted by molar-refractivity contribution is -0.656. The van der Waals surface area contributed by atoms with Gasteiger partial charge in [0.1, 0.15) is 11.9 Å². The molecule has 3 aromatic heterocycles. The lowest BCUT2D eigenvalue weighted by Crippen LogP contribution is -2.47. The molecule has 1 aliphatic heterocycles. The van der Waals surface area contributed by atoms with Gasteiger partial charge < -0.3 is 4.42 Å². The molecule has 5 aromatic rings. The number of furan rings is 1. The van der Waals surface area contributed by atoms with Gasteiger partial charge >= 0.3 is 12.8 Å². The van der Waals surface area contributed by atoms with Gasteiger partial charge in [0.05, 0.1) is 19.4 Å². The van der Waals surface area contributed by atoms with Crippen LogP contribution < -0.4 is 20.0 Å². The van der Waals surface area contributed by atoms with Crippen molar-refractivity contribution in [2.45, 2.75) is 46.4 Å². The molecule has 0 fully saturated rings. The summed E-state index contributed by atoms with van der Waals surface area (Å²) in [5, 5.41) is 2.18. The second-order valence-electron chi connectivity index (χ2n) is 10.9. The second-order valence-corrected chi connectivity index (χ2v) is 10.9. The fourth-order valence-corrected chi connectivity index (χ4v) is 5.63. The van der Waals surface area contributed by atoms with Crippen molar-refractivity contribution in [3.05, 3.63) is 94.9 Å². The number of nitrogens with zero attached hydrogens (tertiary/aromatic N) is 4. The van der Waals surface area contributed by atoms with Gasteiger partial charge in [-0.1, -0.05) is 64.0 Å². The van der Waals surface area contributed by atoms with Crippen LogP contribution in [-0.2, 0) is 7.05 Å². The summed E-state index contributed by atoms with van der Waals surface area (Å²) in [6.07, 6.45) is 8.26. The molecule has 0 spiro atoms. The van der Waals surface area contributed by atoms with Crippen LogP contribution in [0.1, 0.15) is 50.7 Å². The van der Waals surface area contributed by atoms with Crippen LogP contribution in [0.4, 0.5) is 5.95 Å². The van der Waals surface area contributed by atoms with Gasteiger partial charge in [0, 0.05) is 16.8 Å². The molecule has 0 saturated heterocycles. The molecular weight excluding hydrogens is 467 g/mol. The molecule has 0 N–H and O–H groups in total. The number of imidazole rings is 1. The molecular formula is C32H34BN4O+. The van der Waals surface area contributed by atoms with Gasteiger partial charge in [-0.15, -0.1) is 0 Å². The van der Waals surface area contributed by atoms with Crippen LogP contribution in [0.15, 0.2) is 77.6 Å². The molecule has 0 radical (unpaired) electrons. The van der Waals surface area contributed by atoms with Crippen molar-refractivity contribution >= 4 is 36.1 Å². The van der Waals surface area contributed by atoms with Gasteiger partial charge in [-0.3, -0.25) is 4.81 Å². The fraction of sp³-hybridized carbons (Fsp3) is 0.250. The van der Waals surface area contributed by atoms with Crippen LogP contribution in [0.25, 0.3) is 40.1 Å². The number of hydrogen-bond acceptors (Lipinski definition) is 3. The van der Waals surface area contributed by atoms with E-state index < -0.39 is 0 Å². The summed E-state index contributed by atoms with van der Waals surface area (Å²) in [5.41, 5.74) is 7.99. The van der Waals surface area contributed by atoms with Crippen molar-refractivity contribution in [1.29, 1.82) is 0 Å². The Balaban J connectivity index is 1.58. The average molecular weight is 501 g/mol. The van der Waals surface area contributed by atoms with Gasteiger partial charge in [0.25, 0.3) is 0 Å². The van der Waals surface area contributed by atoms with Crippen molar-refractivity contribution < 1.29 is 8.98 Å². The Morgan fingerprint density at radius 1 is 0.921 bits per heavy atom. The first-order chi connectivity index (χ1) is 18.3. The van der Waals surface area contributed by atoms with E-state index in [1.54, 1.807) is 6.20 Å². The number of aryl methyl sites for hydroxylation is 1. The Kier molecular flexibility index (Phi) is 5.98. The molecule has 190 valence electrons. The van der Waals surface area contributed by atoms with Crippen molar-refractivity contribution in [3.8, 4) is 16.8 Å². The normalized spacial score (nSPS) is 13.3. The van der Waals surface area contributed by atoms with Gasteiger partial charge in [-0.25, -0.2) is 14.1 Å². The maximum atomic E-state index is 6.18.